The van der Waals surface area contributed by atoms with E-state index in [1.165, 1.54) is 0 Å². The molecule has 3 rings (SSSR count). The molecule has 1 aliphatic rings. The van der Waals surface area contributed by atoms with Gasteiger partial charge in [-0.1, -0.05) is 12.1 Å². The van der Waals surface area contributed by atoms with Gasteiger partial charge in [0.25, 0.3) is 15.9 Å². The minimum atomic E-state index is -3.68. The number of anilines is 1. The van der Waals surface area contributed by atoms with Gasteiger partial charge in [-0.2, -0.15) is 0 Å². The highest BCUT2D eigenvalue weighted by Gasteiger charge is 2.24. The Kier molecular flexibility index (Phi) is 7.09. The van der Waals surface area contributed by atoms with Crippen molar-refractivity contribution in [3.05, 3.63) is 59.2 Å². The first kappa shape index (κ1) is 22.2. The van der Waals surface area contributed by atoms with E-state index < -0.39 is 10.0 Å². The lowest BCUT2D eigenvalue weighted by atomic mass is 10.1. The van der Waals surface area contributed by atoms with Crippen LogP contribution in [0.2, 0.25) is 0 Å². The fourth-order valence-electron chi connectivity index (χ4n) is 3.20. The maximum atomic E-state index is 12.7. The molecule has 1 fully saturated rings. The van der Waals surface area contributed by atoms with Crippen LogP contribution in [0, 0.1) is 13.8 Å². The number of rotatable bonds is 4. The molecule has 0 spiro atoms. The average molecular weight is 424 g/mol. The molecule has 8 heteroatoms. The third-order valence-corrected chi connectivity index (χ3v) is 6.30. The summed E-state index contributed by atoms with van der Waals surface area (Å²) in [7, 11) is -3.68. The molecule has 1 saturated heterocycles. The van der Waals surface area contributed by atoms with Crippen LogP contribution in [0.25, 0.3) is 0 Å². The monoisotopic (exact) mass is 423 g/mol. The second-order valence-corrected chi connectivity index (χ2v) is 8.65. The van der Waals surface area contributed by atoms with Crippen molar-refractivity contribution in [1.29, 1.82) is 0 Å². The van der Waals surface area contributed by atoms with E-state index in [2.05, 4.69) is 10.0 Å². The molecule has 0 bridgehead atoms. The molecule has 1 aliphatic heterocycles. The van der Waals surface area contributed by atoms with Crippen molar-refractivity contribution < 1.29 is 13.2 Å². The number of nitrogens with zero attached hydrogens (tertiary/aromatic N) is 1. The predicted molar refractivity (Wildman–Crippen MR) is 114 cm³/mol. The van der Waals surface area contributed by atoms with E-state index in [0.717, 1.165) is 18.7 Å². The van der Waals surface area contributed by atoms with Gasteiger partial charge in [-0.3, -0.25) is 9.52 Å². The minimum absolute atomic E-state index is 0. The summed E-state index contributed by atoms with van der Waals surface area (Å²) in [5.41, 5.74) is 2.55. The van der Waals surface area contributed by atoms with Crippen molar-refractivity contribution in [2.24, 2.45) is 0 Å². The summed E-state index contributed by atoms with van der Waals surface area (Å²) in [6, 6.07) is 12.0. The van der Waals surface area contributed by atoms with E-state index in [-0.39, 0.29) is 29.3 Å². The highest BCUT2D eigenvalue weighted by molar-refractivity contribution is 7.92. The number of halogens is 1. The number of carbonyl (C=O) groups excluding carboxylic acids is 1. The quantitative estimate of drug-likeness (QED) is 0.792. The number of benzene rings is 2. The Labute approximate surface area is 172 Å². The lowest BCUT2D eigenvalue weighted by Crippen LogP contribution is -2.52. The summed E-state index contributed by atoms with van der Waals surface area (Å²) < 4.78 is 28.0. The van der Waals surface area contributed by atoms with Crippen LogP contribution in [0.1, 0.15) is 28.4 Å². The third kappa shape index (κ3) is 4.84. The lowest BCUT2D eigenvalue weighted by molar-refractivity contribution is 0.0656. The van der Waals surface area contributed by atoms with Gasteiger partial charge in [0.2, 0.25) is 0 Å². The van der Waals surface area contributed by atoms with Crippen LogP contribution < -0.4 is 10.0 Å². The number of amides is 1. The summed E-state index contributed by atoms with van der Waals surface area (Å²) in [4.78, 5) is 14.8. The van der Waals surface area contributed by atoms with E-state index in [4.69, 9.17) is 0 Å². The summed E-state index contributed by atoms with van der Waals surface area (Å²) in [6.07, 6.45) is 0. The fraction of sp³-hybridized carbons (Fsp3) is 0.350. The van der Waals surface area contributed by atoms with E-state index in [1.54, 1.807) is 43.3 Å². The van der Waals surface area contributed by atoms with Gasteiger partial charge in [0.15, 0.2) is 0 Å². The molecule has 6 nitrogen and oxygen atoms in total. The third-order valence-electron chi connectivity index (χ3n) is 4.78. The van der Waals surface area contributed by atoms with Crippen molar-refractivity contribution in [3.8, 4) is 0 Å². The van der Waals surface area contributed by atoms with Gasteiger partial charge in [0, 0.05) is 36.9 Å². The number of sulfonamides is 1. The average Bonchev–Trinajstić information content (AvgIpc) is 2.64. The topological polar surface area (TPSA) is 78.5 Å². The molecule has 0 radical (unpaired) electrons. The van der Waals surface area contributed by atoms with Crippen molar-refractivity contribution in [3.63, 3.8) is 0 Å². The van der Waals surface area contributed by atoms with E-state index in [1.807, 2.05) is 24.8 Å². The first-order valence-corrected chi connectivity index (χ1v) is 10.5. The van der Waals surface area contributed by atoms with Crippen molar-refractivity contribution in [2.45, 2.75) is 31.7 Å². The largest absolute Gasteiger partial charge is 0.333 e. The highest BCUT2D eigenvalue weighted by atomic mass is 35.5. The molecular formula is C20H26ClN3O3S. The number of aryl methyl sites for hydroxylation is 2. The molecule has 152 valence electrons. The molecule has 0 unspecified atom stereocenters. The van der Waals surface area contributed by atoms with Crippen molar-refractivity contribution >= 4 is 34.0 Å². The van der Waals surface area contributed by atoms with E-state index in [0.29, 0.717) is 23.4 Å². The normalized spacial score (nSPS) is 17.0. The molecule has 28 heavy (non-hydrogen) atoms. The smallest absolute Gasteiger partial charge is 0.262 e. The van der Waals surface area contributed by atoms with Gasteiger partial charge < -0.3 is 10.2 Å². The van der Waals surface area contributed by atoms with Gasteiger partial charge in [-0.15, -0.1) is 12.4 Å². The molecule has 1 amide bonds. The van der Waals surface area contributed by atoms with Crippen molar-refractivity contribution in [2.75, 3.05) is 24.4 Å². The Hall–Kier alpha value is -2.09. The Bertz CT molecular complexity index is 946. The first-order chi connectivity index (χ1) is 12.8. The summed E-state index contributed by atoms with van der Waals surface area (Å²) in [5.74, 6) is -0.0343. The van der Waals surface area contributed by atoms with Gasteiger partial charge in [-0.05, 0) is 62.2 Å². The van der Waals surface area contributed by atoms with Crippen LogP contribution in [0.5, 0.6) is 0 Å². The zero-order chi connectivity index (χ0) is 19.6. The number of piperazine rings is 1. The molecular weight excluding hydrogens is 398 g/mol. The summed E-state index contributed by atoms with van der Waals surface area (Å²) in [5, 5.41) is 3.26. The van der Waals surface area contributed by atoms with Gasteiger partial charge in [0.05, 0.1) is 4.90 Å². The van der Waals surface area contributed by atoms with Crippen molar-refractivity contribution in [1.82, 2.24) is 10.2 Å². The fourth-order valence-corrected chi connectivity index (χ4v) is 4.59. The summed E-state index contributed by atoms with van der Waals surface area (Å²) >= 11 is 0. The van der Waals surface area contributed by atoms with Crippen LogP contribution in [-0.2, 0) is 10.0 Å². The van der Waals surface area contributed by atoms with E-state index >= 15 is 0 Å². The number of hydrogen-bond acceptors (Lipinski definition) is 4. The van der Waals surface area contributed by atoms with Crippen LogP contribution in [0.3, 0.4) is 0 Å². The van der Waals surface area contributed by atoms with Gasteiger partial charge >= 0.3 is 0 Å². The van der Waals surface area contributed by atoms with E-state index in [9.17, 15) is 13.2 Å². The predicted octanol–water partition coefficient (Wildman–Crippen LogP) is 2.96. The SMILES string of the molecule is Cc1ccc(C)c(S(=O)(=O)Nc2ccc(C(=O)N3CCNC[C@@H]3C)cc2)c1.Cl. The molecule has 0 saturated carbocycles. The number of nitrogens with one attached hydrogen (secondary N) is 2. The molecule has 1 heterocycles. The Morgan fingerprint density at radius 2 is 1.82 bits per heavy atom. The summed E-state index contributed by atoms with van der Waals surface area (Å²) in [6.45, 7) is 7.86. The van der Waals surface area contributed by atoms with Gasteiger partial charge in [0.1, 0.15) is 0 Å². The first-order valence-electron chi connectivity index (χ1n) is 9.00. The second kappa shape index (κ2) is 8.94. The lowest BCUT2D eigenvalue weighted by Gasteiger charge is -2.34. The van der Waals surface area contributed by atoms with Crippen LogP contribution in [0.4, 0.5) is 5.69 Å². The van der Waals surface area contributed by atoms with Crippen LogP contribution in [0.15, 0.2) is 47.4 Å². The maximum Gasteiger partial charge on any atom is 0.262 e. The number of hydrogen-bond donors (Lipinski definition) is 2. The molecule has 2 aromatic rings. The molecule has 2 aromatic carbocycles. The number of carbonyl (C=O) groups is 1. The Morgan fingerprint density at radius 1 is 1.14 bits per heavy atom. The maximum absolute atomic E-state index is 12.7. The Balaban J connectivity index is 0.00000280. The molecule has 2 N–H and O–H groups in total. The second-order valence-electron chi connectivity index (χ2n) is 7.00. The zero-order valence-corrected chi connectivity index (χ0v) is 17.9. The minimum Gasteiger partial charge on any atom is -0.333 e. The highest BCUT2D eigenvalue weighted by Crippen LogP contribution is 2.21. The van der Waals surface area contributed by atoms with Crippen LogP contribution >= 0.6 is 12.4 Å². The molecule has 0 aromatic heterocycles. The molecule has 0 aliphatic carbocycles. The zero-order valence-electron chi connectivity index (χ0n) is 16.2. The van der Waals surface area contributed by atoms with Gasteiger partial charge in [-0.25, -0.2) is 8.42 Å². The molecule has 1 atom stereocenters. The van der Waals surface area contributed by atoms with Crippen LogP contribution in [-0.4, -0.2) is 44.9 Å². The Morgan fingerprint density at radius 3 is 2.46 bits per heavy atom. The standard InChI is InChI=1S/C20H25N3O3S.ClH/c1-14-4-5-15(2)19(12-14)27(25,26)22-18-8-6-17(7-9-18)20(24)23-11-10-21-13-16(23)3;/h4-9,12,16,21-22H,10-11,13H2,1-3H3;1H/t16-;/m0./s1.